The second kappa shape index (κ2) is 18.4. The van der Waals surface area contributed by atoms with Gasteiger partial charge in [-0.05, 0) is 79.6 Å². The van der Waals surface area contributed by atoms with Crippen LogP contribution in [0.25, 0.3) is 70.8 Å². The van der Waals surface area contributed by atoms with Gasteiger partial charge < -0.3 is 4.57 Å². The molecule has 0 bridgehead atoms. The quantitative estimate of drug-likeness (QED) is 0.118. The van der Waals surface area contributed by atoms with Gasteiger partial charge in [-0.2, -0.15) is 11.3 Å². The Morgan fingerprint density at radius 3 is 2.27 bits per heavy atom. The second-order valence-corrected chi connectivity index (χ2v) is 29.1. The van der Waals surface area contributed by atoms with E-state index in [1.165, 1.54) is 23.0 Å². The van der Waals surface area contributed by atoms with Gasteiger partial charge in [-0.25, -0.2) is 4.98 Å². The van der Waals surface area contributed by atoms with Gasteiger partial charge in [0.2, 0.25) is 0 Å². The molecule has 0 amide bonds. The van der Waals surface area contributed by atoms with Crippen LogP contribution in [-0.2, 0) is 26.5 Å². The van der Waals surface area contributed by atoms with Crippen molar-refractivity contribution in [3.8, 4) is 39.5 Å². The molecule has 1 aliphatic carbocycles. The molecule has 0 unspecified atom stereocenters. The van der Waals surface area contributed by atoms with Crippen LogP contribution < -0.4 is 4.40 Å². The molecule has 9 aromatic rings. The first-order valence-corrected chi connectivity index (χ1v) is 29.4. The Kier molecular flexibility index (Phi) is 9.60. The van der Waals surface area contributed by atoms with E-state index in [0.29, 0.717) is 16.8 Å². The maximum atomic E-state index is 8.95. The molecular formula is C56H56GeIrN4S-2. The van der Waals surface area contributed by atoms with Gasteiger partial charge in [0.25, 0.3) is 0 Å². The molecule has 1 radical (unpaired) electrons. The molecule has 0 N–H and O–H groups in total. The van der Waals surface area contributed by atoms with Gasteiger partial charge in [-0.1, -0.05) is 70.1 Å². The summed E-state index contributed by atoms with van der Waals surface area (Å²) in [4.78, 5) is 15.2. The third kappa shape index (κ3) is 9.15. The van der Waals surface area contributed by atoms with Crippen LogP contribution in [0.4, 0.5) is 0 Å². The van der Waals surface area contributed by atoms with E-state index in [9.17, 15) is 0 Å². The summed E-state index contributed by atoms with van der Waals surface area (Å²) in [5, 5.41) is 1.75. The van der Waals surface area contributed by atoms with Crippen LogP contribution in [0.1, 0.15) is 79.7 Å². The third-order valence-corrected chi connectivity index (χ3v) is 17.1. The van der Waals surface area contributed by atoms with Crippen molar-refractivity contribution in [2.45, 2.75) is 90.7 Å². The molecule has 0 spiro atoms. The predicted molar refractivity (Wildman–Crippen MR) is 267 cm³/mol. The number of benzene rings is 5. The van der Waals surface area contributed by atoms with Crippen LogP contribution in [0, 0.1) is 59.4 Å². The summed E-state index contributed by atoms with van der Waals surface area (Å²) in [6.07, 6.45) is 6.13. The van der Waals surface area contributed by atoms with Gasteiger partial charge >= 0.3 is 151 Å². The Morgan fingerprint density at radius 2 is 1.54 bits per heavy atom. The fourth-order valence-corrected chi connectivity index (χ4v) is 13.1. The largest absolute Gasteiger partial charge is 0 e. The van der Waals surface area contributed by atoms with Gasteiger partial charge in [-0.3, -0.25) is 4.98 Å². The van der Waals surface area contributed by atoms with E-state index in [2.05, 4.69) is 77.9 Å². The number of nitrogens with zero attached hydrogens (tertiary/aromatic N) is 4. The van der Waals surface area contributed by atoms with Crippen LogP contribution in [0.3, 0.4) is 0 Å². The molecule has 1 saturated carbocycles. The first-order chi connectivity index (χ1) is 34.2. The summed E-state index contributed by atoms with van der Waals surface area (Å²) in [7, 11) is 0. The van der Waals surface area contributed by atoms with Crippen LogP contribution in [-0.4, -0.2) is 32.8 Å². The minimum atomic E-state index is -2.47. The fraction of sp³-hybridized carbons (Fsp3) is 0.268. The van der Waals surface area contributed by atoms with E-state index in [1.807, 2.05) is 48.7 Å². The van der Waals surface area contributed by atoms with Crippen molar-refractivity contribution in [3.63, 3.8) is 0 Å². The van der Waals surface area contributed by atoms with E-state index in [-0.39, 0.29) is 42.7 Å². The van der Waals surface area contributed by atoms with Gasteiger partial charge in [0.1, 0.15) is 4.83 Å². The van der Waals surface area contributed by atoms with E-state index in [4.69, 9.17) is 25.0 Å². The summed E-state index contributed by atoms with van der Waals surface area (Å²) in [5.74, 6) is 7.56. The van der Waals surface area contributed by atoms with Crippen molar-refractivity contribution < 1.29 is 35.2 Å². The Balaban J connectivity index is 0.000000217. The summed E-state index contributed by atoms with van der Waals surface area (Å²) in [6, 6.07) is 35.7. The predicted octanol–water partition coefficient (Wildman–Crippen LogP) is 14.6. The van der Waals surface area contributed by atoms with E-state index < -0.39 is 40.2 Å². The number of para-hydroxylation sites is 2. The van der Waals surface area contributed by atoms with Crippen molar-refractivity contribution in [1.29, 1.82) is 0 Å². The zero-order chi connectivity index (χ0) is 52.6. The maximum absolute atomic E-state index is 8.95. The number of hydrogen-bond acceptors (Lipinski definition) is 4. The molecule has 7 heteroatoms. The summed E-state index contributed by atoms with van der Waals surface area (Å²) in [5.41, 5.74) is 10.7. The molecule has 4 nitrogen and oxygen atoms in total. The summed E-state index contributed by atoms with van der Waals surface area (Å²) < 4.78 is 93.3. The molecule has 63 heavy (non-hydrogen) atoms. The average Bonchev–Trinajstić information content (AvgIpc) is 4.09. The molecular weight excluding hydrogens is 1030 g/mol. The number of pyridine rings is 2. The molecule has 5 aromatic carbocycles. The Morgan fingerprint density at radius 1 is 0.810 bits per heavy atom. The number of thiophene rings is 1. The molecule has 1 aliphatic rings. The number of aromatic nitrogens is 4. The monoisotopic (exact) mass is 1090 g/mol. The van der Waals surface area contributed by atoms with Crippen LogP contribution >= 0.6 is 11.3 Å². The molecule has 0 aliphatic heterocycles. The number of imidazole rings is 1. The molecule has 4 heterocycles. The zero-order valence-corrected chi connectivity index (χ0v) is 41.6. The maximum Gasteiger partial charge on any atom is 0 e. The van der Waals surface area contributed by atoms with Crippen LogP contribution in [0.2, 0.25) is 17.3 Å². The first kappa shape index (κ1) is 32.9. The minimum Gasteiger partial charge on any atom is 0 e. The SMILES string of the molecule is [2H]C([2H])([2H])c1cc(-c2ccnc3sc4c(-c5nc6ccccc6n5-c5c(C)cc(C)cc5C)[c-]ccc4c23)cc(C([2H])([2H])[2H])c1.[2H]C([2H])([2H])c1cc[c-]c(-c2cc(C([2H])([2H])C3CCCC3)[c]([Ge]([CH3])([CH3])[CH3])cn2)c1.[Ir]. The fourth-order valence-electron chi connectivity index (χ4n) is 9.02. The van der Waals surface area contributed by atoms with E-state index >= 15 is 0 Å². The van der Waals surface area contributed by atoms with Crippen molar-refractivity contribution in [2.24, 2.45) is 5.92 Å². The van der Waals surface area contributed by atoms with Crippen molar-refractivity contribution in [3.05, 3.63) is 161 Å². The normalized spacial score (nSPS) is 16.5. The Bertz CT molecular complexity index is 3510. The van der Waals surface area contributed by atoms with Gasteiger partial charge in [0.15, 0.2) is 0 Å². The molecule has 10 rings (SSSR count). The second-order valence-electron chi connectivity index (χ2n) is 17.5. The zero-order valence-electron chi connectivity index (χ0n) is 47.3. The standard InChI is InChI=1S/C35H28N3S.C21H28GeN.Ir/c1-20-15-21(2)19-25(18-20)26-13-14-36-35-31(26)27-9-8-10-28(33(27)39-35)34-37-29-11-6-7-12-30(29)38(34)32-23(4)16-22(3)17-24(32)5;1-16-8-7-11-18(12-16)21-14-19(13-17-9-5-6-10-17)20(15-23-21)22(2,3)4;/h6-9,11-19H,1-5H3;7-8,12,14-15,17H,5-6,9-10,13H2,1-4H3;/q2*-1;/i1D3,2D3;1D3,13D2;. The molecule has 0 saturated heterocycles. The Hall–Kier alpha value is -4.72. The summed E-state index contributed by atoms with van der Waals surface area (Å²) >= 11 is -0.836. The molecule has 321 valence electrons. The van der Waals surface area contributed by atoms with E-state index in [1.54, 1.807) is 36.5 Å². The number of aryl methyl sites for hydroxylation is 6. The van der Waals surface area contributed by atoms with Gasteiger partial charge in [0.05, 0.1) is 16.9 Å². The van der Waals surface area contributed by atoms with E-state index in [0.717, 1.165) is 101 Å². The molecule has 4 aromatic heterocycles. The van der Waals surface area contributed by atoms with Crippen molar-refractivity contribution in [1.82, 2.24) is 19.5 Å². The van der Waals surface area contributed by atoms with Crippen LogP contribution in [0.15, 0.2) is 109 Å². The number of rotatable bonds is 7. The topological polar surface area (TPSA) is 43.6 Å². The Labute approximate surface area is 409 Å². The molecule has 0 atom stereocenters. The first-order valence-electron chi connectivity index (χ1n) is 26.7. The molecule has 1 fully saturated rings. The number of fused-ring (bicyclic) bond motifs is 4. The van der Waals surface area contributed by atoms with Gasteiger partial charge in [0, 0.05) is 45.6 Å². The summed E-state index contributed by atoms with van der Waals surface area (Å²) in [6.45, 7) is -0.782. The van der Waals surface area contributed by atoms with Gasteiger partial charge in [-0.15, -0.1) is 18.2 Å². The smallest absolute Gasteiger partial charge is 0 e. The average molecular weight is 1090 g/mol. The minimum absolute atomic E-state index is 0. The van der Waals surface area contributed by atoms with Crippen LogP contribution in [0.5, 0.6) is 0 Å². The number of hydrogen-bond donors (Lipinski definition) is 0. The van der Waals surface area contributed by atoms with Crippen molar-refractivity contribution in [2.75, 3.05) is 0 Å². The third-order valence-electron chi connectivity index (χ3n) is 11.7. The van der Waals surface area contributed by atoms with Crippen molar-refractivity contribution >= 4 is 60.3 Å².